The van der Waals surface area contributed by atoms with Gasteiger partial charge in [-0.25, -0.2) is 0 Å². The van der Waals surface area contributed by atoms with Crippen molar-refractivity contribution in [2.45, 2.75) is 64.8 Å². The Bertz CT molecular complexity index is 316. The van der Waals surface area contributed by atoms with Crippen LogP contribution < -0.4 is 0 Å². The molecule has 0 radical (unpaired) electrons. The molecule has 1 amide bonds. The summed E-state index contributed by atoms with van der Waals surface area (Å²) in [6, 6.07) is 2.42. The molecule has 1 aliphatic heterocycles. The van der Waals surface area contributed by atoms with Crippen LogP contribution in [-0.2, 0) is 4.79 Å². The number of nitriles is 1. The van der Waals surface area contributed by atoms with Crippen molar-refractivity contribution in [3.05, 3.63) is 0 Å². The number of carbonyl (C=O) groups is 1. The van der Waals surface area contributed by atoms with E-state index in [0.29, 0.717) is 12.3 Å². The second-order valence-electron chi connectivity index (χ2n) is 5.66. The third-order valence-electron chi connectivity index (χ3n) is 4.06. The number of hydrogen-bond donors (Lipinski definition) is 0. The molecule has 0 spiro atoms. The zero-order chi connectivity index (χ0) is 14.8. The van der Waals surface area contributed by atoms with Crippen LogP contribution in [0.4, 0.5) is 0 Å². The molecule has 0 aliphatic carbocycles. The van der Waals surface area contributed by atoms with E-state index in [4.69, 9.17) is 0 Å². The van der Waals surface area contributed by atoms with Gasteiger partial charge in [0.15, 0.2) is 0 Å². The van der Waals surface area contributed by atoms with Gasteiger partial charge in [0.25, 0.3) is 0 Å². The Hall–Kier alpha value is -1.08. The molecule has 1 unspecified atom stereocenters. The van der Waals surface area contributed by atoms with Crippen molar-refractivity contribution in [1.82, 2.24) is 9.80 Å². The molecular formula is C16H29N3O. The van der Waals surface area contributed by atoms with Crippen LogP contribution in [0.1, 0.15) is 58.8 Å². The van der Waals surface area contributed by atoms with Crippen LogP contribution in [0, 0.1) is 11.3 Å². The summed E-state index contributed by atoms with van der Waals surface area (Å²) in [4.78, 5) is 16.3. The highest BCUT2D eigenvalue weighted by Crippen LogP contribution is 2.12. The van der Waals surface area contributed by atoms with Crippen molar-refractivity contribution in [1.29, 1.82) is 5.26 Å². The van der Waals surface area contributed by atoms with Crippen LogP contribution in [0.5, 0.6) is 0 Å². The van der Waals surface area contributed by atoms with Crippen molar-refractivity contribution in [3.8, 4) is 6.07 Å². The van der Waals surface area contributed by atoms with E-state index in [2.05, 4.69) is 24.8 Å². The third-order valence-corrected chi connectivity index (χ3v) is 4.06. The number of nitrogens with zero attached hydrogens (tertiary/aromatic N) is 3. The van der Waals surface area contributed by atoms with Gasteiger partial charge in [0.2, 0.25) is 5.91 Å². The minimum atomic E-state index is 0.0295. The van der Waals surface area contributed by atoms with E-state index >= 15 is 0 Å². The van der Waals surface area contributed by atoms with Crippen molar-refractivity contribution in [2.24, 2.45) is 0 Å². The Kier molecular flexibility index (Phi) is 8.29. The van der Waals surface area contributed by atoms with Gasteiger partial charge in [-0.1, -0.05) is 39.5 Å². The van der Waals surface area contributed by atoms with E-state index < -0.39 is 0 Å². The maximum absolute atomic E-state index is 12.1. The van der Waals surface area contributed by atoms with Crippen molar-refractivity contribution >= 4 is 5.91 Å². The number of amides is 1. The summed E-state index contributed by atoms with van der Waals surface area (Å²) in [7, 11) is 0. The predicted octanol–water partition coefficient (Wildman–Crippen LogP) is 2.79. The molecule has 1 saturated heterocycles. The van der Waals surface area contributed by atoms with Crippen LogP contribution in [-0.4, -0.2) is 47.9 Å². The maximum atomic E-state index is 12.1. The zero-order valence-electron chi connectivity index (χ0n) is 13.1. The van der Waals surface area contributed by atoms with Crippen molar-refractivity contribution < 1.29 is 4.79 Å². The number of unbranched alkanes of at least 4 members (excludes halogenated alkanes) is 3. The first-order valence-corrected chi connectivity index (χ1v) is 8.14. The number of carbonyl (C=O) groups excluding carboxylic acids is 1. The smallest absolute Gasteiger partial charge is 0.222 e. The fourth-order valence-corrected chi connectivity index (χ4v) is 2.75. The molecule has 1 atom stereocenters. The lowest BCUT2D eigenvalue weighted by atomic mass is 10.1. The minimum Gasteiger partial charge on any atom is -0.340 e. The van der Waals surface area contributed by atoms with Crippen LogP contribution in [0.3, 0.4) is 0 Å². The molecule has 20 heavy (non-hydrogen) atoms. The molecular weight excluding hydrogens is 250 g/mol. The Morgan fingerprint density at radius 3 is 2.35 bits per heavy atom. The van der Waals surface area contributed by atoms with E-state index in [0.717, 1.165) is 51.9 Å². The molecule has 0 aromatic heterocycles. The highest BCUT2D eigenvalue weighted by molar-refractivity contribution is 5.76. The first kappa shape index (κ1) is 17.0. The Labute approximate surface area is 123 Å². The van der Waals surface area contributed by atoms with E-state index in [9.17, 15) is 10.1 Å². The summed E-state index contributed by atoms with van der Waals surface area (Å²) < 4.78 is 0. The lowest BCUT2D eigenvalue weighted by Crippen LogP contribution is -2.51. The summed E-state index contributed by atoms with van der Waals surface area (Å²) in [5, 5.41) is 9.18. The molecule has 1 aliphatic rings. The summed E-state index contributed by atoms with van der Waals surface area (Å²) in [5.41, 5.74) is 0. The lowest BCUT2D eigenvalue weighted by Gasteiger charge is -2.37. The Balaban J connectivity index is 2.27. The van der Waals surface area contributed by atoms with Gasteiger partial charge in [0, 0.05) is 32.6 Å². The molecule has 4 nitrogen and oxygen atoms in total. The molecule has 1 heterocycles. The normalized spacial score (nSPS) is 17.8. The third kappa shape index (κ3) is 5.50. The molecule has 0 N–H and O–H groups in total. The molecule has 4 heteroatoms. The van der Waals surface area contributed by atoms with E-state index in [1.165, 1.54) is 12.8 Å². The molecule has 0 aromatic rings. The number of piperazine rings is 1. The molecule has 1 rings (SSSR count). The van der Waals surface area contributed by atoms with Crippen LogP contribution in [0.25, 0.3) is 0 Å². The van der Waals surface area contributed by atoms with E-state index in [-0.39, 0.29) is 6.04 Å². The average Bonchev–Trinajstić information content (AvgIpc) is 2.49. The van der Waals surface area contributed by atoms with Gasteiger partial charge < -0.3 is 4.90 Å². The van der Waals surface area contributed by atoms with Gasteiger partial charge >= 0.3 is 0 Å². The van der Waals surface area contributed by atoms with Gasteiger partial charge in [-0.3, -0.25) is 9.69 Å². The Morgan fingerprint density at radius 1 is 1.10 bits per heavy atom. The van der Waals surface area contributed by atoms with Gasteiger partial charge in [-0.2, -0.15) is 5.26 Å². The van der Waals surface area contributed by atoms with Crippen LogP contribution in [0.15, 0.2) is 0 Å². The number of rotatable bonds is 8. The van der Waals surface area contributed by atoms with Gasteiger partial charge in [0.1, 0.15) is 0 Å². The summed E-state index contributed by atoms with van der Waals surface area (Å²) in [6.07, 6.45) is 7.27. The van der Waals surface area contributed by atoms with Gasteiger partial charge in [-0.05, 0) is 12.8 Å². The number of hydrogen-bond acceptors (Lipinski definition) is 3. The first-order valence-electron chi connectivity index (χ1n) is 8.14. The topological polar surface area (TPSA) is 47.3 Å². The lowest BCUT2D eigenvalue weighted by molar-refractivity contribution is -0.133. The van der Waals surface area contributed by atoms with E-state index in [1.54, 1.807) is 0 Å². The second-order valence-corrected chi connectivity index (χ2v) is 5.66. The summed E-state index contributed by atoms with van der Waals surface area (Å²) in [6.45, 7) is 7.56. The molecule has 0 aromatic carbocycles. The minimum absolute atomic E-state index is 0.0295. The monoisotopic (exact) mass is 279 g/mol. The molecule has 0 bridgehead atoms. The van der Waals surface area contributed by atoms with Crippen LogP contribution in [0.2, 0.25) is 0 Å². The SMILES string of the molecule is CCCCCCC(=O)N1CCN(C(C#N)CCC)CC1. The average molecular weight is 279 g/mol. The standard InChI is InChI=1S/C16H29N3O/c1-3-5-6-7-9-16(20)19-12-10-18(11-13-19)15(14-17)8-4-2/h15H,3-13H2,1-2H3. The quantitative estimate of drug-likeness (QED) is 0.642. The zero-order valence-corrected chi connectivity index (χ0v) is 13.1. The highest BCUT2D eigenvalue weighted by Gasteiger charge is 2.25. The maximum Gasteiger partial charge on any atom is 0.222 e. The Morgan fingerprint density at radius 2 is 1.80 bits per heavy atom. The van der Waals surface area contributed by atoms with E-state index in [1.807, 2.05) is 4.90 Å². The largest absolute Gasteiger partial charge is 0.340 e. The van der Waals surface area contributed by atoms with Crippen LogP contribution >= 0.6 is 0 Å². The summed E-state index contributed by atoms with van der Waals surface area (Å²) in [5.74, 6) is 0.296. The van der Waals surface area contributed by atoms with Gasteiger partial charge in [0.05, 0.1) is 12.1 Å². The fourth-order valence-electron chi connectivity index (χ4n) is 2.75. The first-order chi connectivity index (χ1) is 9.72. The second kappa shape index (κ2) is 9.77. The molecule has 0 saturated carbocycles. The fraction of sp³-hybridized carbons (Fsp3) is 0.875. The molecule has 1 fully saturated rings. The predicted molar refractivity (Wildman–Crippen MR) is 81.2 cm³/mol. The highest BCUT2D eigenvalue weighted by atomic mass is 16.2. The van der Waals surface area contributed by atoms with Crippen molar-refractivity contribution in [2.75, 3.05) is 26.2 Å². The van der Waals surface area contributed by atoms with Gasteiger partial charge in [-0.15, -0.1) is 0 Å². The molecule has 114 valence electrons. The van der Waals surface area contributed by atoms with Crippen molar-refractivity contribution in [3.63, 3.8) is 0 Å². The summed E-state index contributed by atoms with van der Waals surface area (Å²) >= 11 is 0.